The van der Waals surface area contributed by atoms with Crippen molar-refractivity contribution in [1.82, 2.24) is 9.80 Å². The van der Waals surface area contributed by atoms with Crippen LogP contribution in [0.2, 0.25) is 0 Å². The topological polar surface area (TPSA) is 68.3 Å². The first-order valence-electron chi connectivity index (χ1n) is 13.7. The summed E-state index contributed by atoms with van der Waals surface area (Å²) in [6.07, 6.45) is 1.28. The summed E-state index contributed by atoms with van der Waals surface area (Å²) in [5.41, 5.74) is 2.76. The van der Waals surface area contributed by atoms with E-state index < -0.39 is 0 Å². The molecule has 0 N–H and O–H groups in total. The van der Waals surface area contributed by atoms with E-state index in [-0.39, 0.29) is 18.4 Å². The molecule has 0 atom stereocenters. The highest BCUT2D eigenvalue weighted by molar-refractivity contribution is 7.10. The van der Waals surface area contributed by atoms with Crippen molar-refractivity contribution in [2.75, 3.05) is 47.6 Å². The normalized spacial score (nSPS) is 10.9. The SMILES string of the molecule is COCCCN(CC(=O)N(CCc1ccc(OC)c(OC)c1)Cc1sccc1C)C(=O)c1ccc2ccccc2c1. The lowest BCUT2D eigenvalue weighted by Gasteiger charge is -2.28. The third-order valence-electron chi connectivity index (χ3n) is 7.16. The van der Waals surface area contributed by atoms with Gasteiger partial charge in [0.1, 0.15) is 6.54 Å². The van der Waals surface area contributed by atoms with E-state index >= 15 is 0 Å². The first kappa shape index (κ1) is 30.1. The minimum atomic E-state index is -0.160. The second kappa shape index (κ2) is 14.7. The van der Waals surface area contributed by atoms with E-state index in [1.165, 1.54) is 0 Å². The van der Waals surface area contributed by atoms with Gasteiger partial charge in [0.2, 0.25) is 5.91 Å². The molecule has 0 aliphatic heterocycles. The van der Waals surface area contributed by atoms with E-state index in [4.69, 9.17) is 14.2 Å². The molecule has 216 valence electrons. The van der Waals surface area contributed by atoms with Gasteiger partial charge in [-0.25, -0.2) is 0 Å². The minimum Gasteiger partial charge on any atom is -0.493 e. The van der Waals surface area contributed by atoms with Crippen LogP contribution in [0, 0.1) is 6.92 Å². The van der Waals surface area contributed by atoms with Crippen LogP contribution in [0.5, 0.6) is 11.5 Å². The van der Waals surface area contributed by atoms with Gasteiger partial charge in [0, 0.05) is 37.2 Å². The van der Waals surface area contributed by atoms with Crippen LogP contribution in [0.4, 0.5) is 0 Å². The number of amides is 2. The van der Waals surface area contributed by atoms with Crippen LogP contribution in [-0.2, 0) is 22.5 Å². The van der Waals surface area contributed by atoms with Gasteiger partial charge in [0.25, 0.3) is 5.91 Å². The summed E-state index contributed by atoms with van der Waals surface area (Å²) < 4.78 is 16.1. The third-order valence-corrected chi connectivity index (χ3v) is 8.17. The van der Waals surface area contributed by atoms with Crippen LogP contribution in [0.15, 0.2) is 72.1 Å². The van der Waals surface area contributed by atoms with Crippen molar-refractivity contribution in [1.29, 1.82) is 0 Å². The molecule has 3 aromatic carbocycles. The van der Waals surface area contributed by atoms with Crippen molar-refractivity contribution in [3.05, 3.63) is 93.7 Å². The second-order valence-corrected chi connectivity index (χ2v) is 10.9. The standard InChI is InChI=1S/C33H38N2O5S/c1-24-15-19-41-31(24)22-34(17-14-25-10-13-29(39-3)30(20-25)40-4)32(36)23-35(16-7-18-38-2)33(37)28-12-11-26-8-5-6-9-27(26)21-28/h5-6,8-13,15,19-21H,7,14,16-18,22-23H2,1-4H3. The lowest BCUT2D eigenvalue weighted by Crippen LogP contribution is -2.44. The Labute approximate surface area is 246 Å². The van der Waals surface area contributed by atoms with Gasteiger partial charge >= 0.3 is 0 Å². The van der Waals surface area contributed by atoms with Crippen LogP contribution in [0.1, 0.15) is 32.8 Å². The van der Waals surface area contributed by atoms with Crippen molar-refractivity contribution in [3.63, 3.8) is 0 Å². The molecule has 0 aliphatic carbocycles. The first-order chi connectivity index (χ1) is 19.9. The van der Waals surface area contributed by atoms with Crippen LogP contribution in [-0.4, -0.2) is 69.2 Å². The number of ether oxygens (including phenoxy) is 3. The molecule has 0 spiro atoms. The summed E-state index contributed by atoms with van der Waals surface area (Å²) in [6.45, 7) is 3.97. The highest BCUT2D eigenvalue weighted by Crippen LogP contribution is 2.28. The van der Waals surface area contributed by atoms with Crippen molar-refractivity contribution in [3.8, 4) is 11.5 Å². The maximum Gasteiger partial charge on any atom is 0.254 e. The number of fused-ring (bicyclic) bond motifs is 1. The average molecular weight is 575 g/mol. The molecule has 41 heavy (non-hydrogen) atoms. The zero-order valence-corrected chi connectivity index (χ0v) is 25.0. The van der Waals surface area contributed by atoms with Crippen LogP contribution < -0.4 is 9.47 Å². The third kappa shape index (κ3) is 7.86. The molecular formula is C33H38N2O5S. The number of carbonyl (C=O) groups excluding carboxylic acids is 2. The maximum absolute atomic E-state index is 13.9. The van der Waals surface area contributed by atoms with E-state index in [0.29, 0.717) is 56.1 Å². The molecule has 0 radical (unpaired) electrons. The van der Waals surface area contributed by atoms with Gasteiger partial charge in [-0.1, -0.05) is 36.4 Å². The lowest BCUT2D eigenvalue weighted by molar-refractivity contribution is -0.132. The molecule has 0 saturated heterocycles. The average Bonchev–Trinajstić information content (AvgIpc) is 3.41. The summed E-state index contributed by atoms with van der Waals surface area (Å²) in [7, 11) is 4.86. The number of rotatable bonds is 14. The Balaban J connectivity index is 1.55. The predicted molar refractivity (Wildman–Crippen MR) is 164 cm³/mol. The molecule has 4 rings (SSSR count). The number of hydrogen-bond acceptors (Lipinski definition) is 6. The fourth-order valence-electron chi connectivity index (χ4n) is 4.75. The zero-order chi connectivity index (χ0) is 29.2. The molecule has 0 unspecified atom stereocenters. The number of thiophene rings is 1. The van der Waals surface area contributed by atoms with Crippen molar-refractivity contribution < 1.29 is 23.8 Å². The monoisotopic (exact) mass is 574 g/mol. The van der Waals surface area contributed by atoms with Crippen molar-refractivity contribution in [2.45, 2.75) is 26.3 Å². The molecule has 8 heteroatoms. The molecular weight excluding hydrogens is 536 g/mol. The Morgan fingerprint density at radius 3 is 2.32 bits per heavy atom. The van der Waals surface area contributed by atoms with Crippen molar-refractivity contribution in [2.24, 2.45) is 0 Å². The summed E-state index contributed by atoms with van der Waals surface area (Å²) in [4.78, 5) is 32.2. The number of benzene rings is 3. The fraction of sp³-hybridized carbons (Fsp3) is 0.333. The minimum absolute atomic E-state index is 0.00820. The zero-order valence-electron chi connectivity index (χ0n) is 24.2. The highest BCUT2D eigenvalue weighted by Gasteiger charge is 2.23. The number of nitrogens with zero attached hydrogens (tertiary/aromatic N) is 2. The van der Waals surface area contributed by atoms with E-state index in [1.807, 2.05) is 70.9 Å². The smallest absolute Gasteiger partial charge is 0.254 e. The molecule has 0 aliphatic rings. The number of aryl methyl sites for hydroxylation is 1. The van der Waals surface area contributed by atoms with Gasteiger partial charge in [0.15, 0.2) is 11.5 Å². The number of methoxy groups -OCH3 is 3. The lowest BCUT2D eigenvalue weighted by atomic mass is 10.1. The van der Waals surface area contributed by atoms with Gasteiger partial charge in [0.05, 0.1) is 20.8 Å². The van der Waals surface area contributed by atoms with Gasteiger partial charge < -0.3 is 24.0 Å². The molecule has 7 nitrogen and oxygen atoms in total. The summed E-state index contributed by atoms with van der Waals surface area (Å²) in [6, 6.07) is 21.5. The number of carbonyl (C=O) groups is 2. The molecule has 0 fully saturated rings. The fourth-order valence-corrected chi connectivity index (χ4v) is 5.67. The van der Waals surface area contributed by atoms with E-state index in [1.54, 1.807) is 37.6 Å². The number of hydrogen-bond donors (Lipinski definition) is 0. The predicted octanol–water partition coefficient (Wildman–Crippen LogP) is 5.98. The Hall–Kier alpha value is -3.88. The molecule has 4 aromatic rings. The Bertz CT molecular complexity index is 1470. The Kier molecular flexibility index (Phi) is 10.8. The molecule has 2 amide bonds. The maximum atomic E-state index is 13.9. The van der Waals surface area contributed by atoms with Gasteiger partial charge in [-0.2, -0.15) is 0 Å². The van der Waals surface area contributed by atoms with Crippen LogP contribution in [0.25, 0.3) is 10.8 Å². The summed E-state index contributed by atoms with van der Waals surface area (Å²) >= 11 is 1.64. The first-order valence-corrected chi connectivity index (χ1v) is 14.6. The van der Waals surface area contributed by atoms with E-state index in [2.05, 4.69) is 13.0 Å². The molecule has 0 saturated carbocycles. The molecule has 1 heterocycles. The summed E-state index contributed by atoms with van der Waals surface area (Å²) in [5, 5.41) is 4.10. The summed E-state index contributed by atoms with van der Waals surface area (Å²) in [5.74, 6) is 1.07. The largest absolute Gasteiger partial charge is 0.493 e. The van der Waals surface area contributed by atoms with Crippen LogP contribution in [0.3, 0.4) is 0 Å². The van der Waals surface area contributed by atoms with Gasteiger partial charge in [-0.3, -0.25) is 9.59 Å². The second-order valence-electron chi connectivity index (χ2n) is 9.92. The molecule has 0 bridgehead atoms. The van der Waals surface area contributed by atoms with Crippen molar-refractivity contribution >= 4 is 33.9 Å². The van der Waals surface area contributed by atoms with Gasteiger partial charge in [-0.15, -0.1) is 11.3 Å². The van der Waals surface area contributed by atoms with E-state index in [0.717, 1.165) is 26.8 Å². The Morgan fingerprint density at radius 2 is 1.61 bits per heavy atom. The van der Waals surface area contributed by atoms with Gasteiger partial charge in [-0.05, 0) is 77.4 Å². The highest BCUT2D eigenvalue weighted by atomic mass is 32.1. The van der Waals surface area contributed by atoms with E-state index in [9.17, 15) is 9.59 Å². The van der Waals surface area contributed by atoms with Crippen LogP contribution >= 0.6 is 11.3 Å². The molecule has 1 aromatic heterocycles. The Morgan fingerprint density at radius 1 is 0.829 bits per heavy atom. The quantitative estimate of drug-likeness (QED) is 0.174.